The summed E-state index contributed by atoms with van der Waals surface area (Å²) in [5, 5.41) is 10.6. The molecular weight excluding hydrogens is 255 g/mol. The Kier molecular flexibility index (Phi) is 3.62. The van der Waals surface area contributed by atoms with Gasteiger partial charge in [0.25, 0.3) is 0 Å². The lowest BCUT2D eigenvalue weighted by molar-refractivity contribution is 0.0699. The highest BCUT2D eigenvalue weighted by molar-refractivity contribution is 7.12. The highest BCUT2D eigenvalue weighted by Gasteiger charge is 2.12. The number of hydrogen-bond acceptors (Lipinski definition) is 3. The lowest BCUT2D eigenvalue weighted by Gasteiger charge is -2.06. The fourth-order valence-corrected chi connectivity index (χ4v) is 2.21. The van der Waals surface area contributed by atoms with E-state index in [2.05, 4.69) is 0 Å². The fourth-order valence-electron chi connectivity index (χ4n) is 1.46. The molecule has 0 bridgehead atoms. The highest BCUT2D eigenvalue weighted by atomic mass is 32.1. The molecule has 0 unspecified atom stereocenters. The van der Waals surface area contributed by atoms with Crippen molar-refractivity contribution in [2.75, 3.05) is 0 Å². The molecule has 5 heteroatoms. The van der Waals surface area contributed by atoms with Gasteiger partial charge in [-0.15, -0.1) is 11.3 Å². The Morgan fingerprint density at radius 3 is 2.89 bits per heavy atom. The van der Waals surface area contributed by atoms with Crippen LogP contribution in [0.4, 0.5) is 4.39 Å². The first-order valence-corrected chi connectivity index (χ1v) is 6.14. The zero-order valence-corrected chi connectivity index (χ0v) is 10.5. The predicted octanol–water partition coefficient (Wildman–Crippen LogP) is 3.47. The van der Waals surface area contributed by atoms with Crippen molar-refractivity contribution in [3.63, 3.8) is 0 Å². The van der Waals surface area contributed by atoms with Gasteiger partial charge in [0, 0.05) is 11.6 Å². The van der Waals surface area contributed by atoms with Gasteiger partial charge in [0.15, 0.2) is 0 Å². The third-order valence-corrected chi connectivity index (χ3v) is 3.42. The molecule has 0 saturated heterocycles. The first-order valence-electron chi connectivity index (χ1n) is 5.26. The van der Waals surface area contributed by atoms with Gasteiger partial charge in [0.05, 0.1) is 0 Å². The molecule has 2 aromatic rings. The molecule has 0 amide bonds. The summed E-state index contributed by atoms with van der Waals surface area (Å²) in [7, 11) is 0. The molecule has 0 aliphatic heterocycles. The average molecular weight is 266 g/mol. The number of hydrogen-bond donors (Lipinski definition) is 1. The summed E-state index contributed by atoms with van der Waals surface area (Å²) >= 11 is 1.14. The van der Waals surface area contributed by atoms with Crippen LogP contribution in [0.5, 0.6) is 5.75 Å². The van der Waals surface area contributed by atoms with E-state index < -0.39 is 5.97 Å². The first kappa shape index (κ1) is 12.6. The molecule has 18 heavy (non-hydrogen) atoms. The monoisotopic (exact) mass is 266 g/mol. The van der Waals surface area contributed by atoms with E-state index >= 15 is 0 Å². The van der Waals surface area contributed by atoms with E-state index in [0.29, 0.717) is 16.9 Å². The van der Waals surface area contributed by atoms with Crippen LogP contribution in [0, 0.1) is 12.7 Å². The molecule has 0 aliphatic carbocycles. The topological polar surface area (TPSA) is 46.5 Å². The van der Waals surface area contributed by atoms with Gasteiger partial charge in [-0.05, 0) is 30.0 Å². The minimum atomic E-state index is -0.973. The lowest BCUT2D eigenvalue weighted by Crippen LogP contribution is -2.02. The van der Waals surface area contributed by atoms with E-state index in [1.54, 1.807) is 30.5 Å². The SMILES string of the molecule is Cc1ccc(OCc2ccsc2C(=O)O)cc1F. The van der Waals surface area contributed by atoms with Crippen molar-refractivity contribution < 1.29 is 19.0 Å². The Labute approximate surface area is 107 Å². The van der Waals surface area contributed by atoms with Crippen LogP contribution in [0.15, 0.2) is 29.6 Å². The Morgan fingerprint density at radius 2 is 2.22 bits per heavy atom. The first-order chi connectivity index (χ1) is 8.58. The van der Waals surface area contributed by atoms with Crippen molar-refractivity contribution in [1.29, 1.82) is 0 Å². The zero-order valence-electron chi connectivity index (χ0n) is 9.64. The fraction of sp³-hybridized carbons (Fsp3) is 0.154. The molecule has 0 spiro atoms. The van der Waals surface area contributed by atoms with Gasteiger partial charge < -0.3 is 9.84 Å². The third-order valence-electron chi connectivity index (χ3n) is 2.48. The van der Waals surface area contributed by atoms with Crippen molar-refractivity contribution in [3.05, 3.63) is 51.5 Å². The molecule has 0 fully saturated rings. The van der Waals surface area contributed by atoms with Crippen LogP contribution in [-0.4, -0.2) is 11.1 Å². The maximum absolute atomic E-state index is 13.3. The van der Waals surface area contributed by atoms with Gasteiger partial charge >= 0.3 is 5.97 Å². The van der Waals surface area contributed by atoms with Crippen LogP contribution in [0.1, 0.15) is 20.8 Å². The summed E-state index contributed by atoms with van der Waals surface area (Å²) in [6.45, 7) is 1.79. The molecule has 0 aliphatic rings. The molecule has 94 valence electrons. The second kappa shape index (κ2) is 5.18. The molecule has 3 nitrogen and oxygen atoms in total. The van der Waals surface area contributed by atoms with E-state index in [0.717, 1.165) is 11.3 Å². The van der Waals surface area contributed by atoms with Gasteiger partial charge in [-0.1, -0.05) is 6.07 Å². The largest absolute Gasteiger partial charge is 0.489 e. The number of carboxylic acids is 1. The molecule has 2 rings (SSSR count). The number of halogens is 1. The Hall–Kier alpha value is -1.88. The molecule has 1 aromatic heterocycles. The maximum atomic E-state index is 13.3. The minimum absolute atomic E-state index is 0.119. The second-order valence-corrected chi connectivity index (χ2v) is 4.70. The second-order valence-electron chi connectivity index (χ2n) is 3.78. The van der Waals surface area contributed by atoms with E-state index in [-0.39, 0.29) is 17.3 Å². The molecule has 1 N–H and O–H groups in total. The number of thiophene rings is 1. The summed E-state index contributed by atoms with van der Waals surface area (Å²) in [5.74, 6) is -0.921. The number of rotatable bonds is 4. The van der Waals surface area contributed by atoms with Crippen LogP contribution in [0.2, 0.25) is 0 Å². The van der Waals surface area contributed by atoms with Crippen molar-refractivity contribution in [1.82, 2.24) is 0 Å². The van der Waals surface area contributed by atoms with Gasteiger partial charge in [-0.3, -0.25) is 0 Å². The number of aromatic carboxylic acids is 1. The molecule has 0 radical (unpaired) electrons. The van der Waals surface area contributed by atoms with Crippen molar-refractivity contribution >= 4 is 17.3 Å². The van der Waals surface area contributed by atoms with Crippen molar-refractivity contribution in [2.45, 2.75) is 13.5 Å². The van der Waals surface area contributed by atoms with Gasteiger partial charge in [0.1, 0.15) is 23.1 Å². The molecule has 0 saturated carbocycles. The standard InChI is InChI=1S/C13H11FO3S/c1-8-2-3-10(6-11(8)14)17-7-9-4-5-18-12(9)13(15)16/h2-6H,7H2,1H3,(H,15,16). The summed E-state index contributed by atoms with van der Waals surface area (Å²) in [6, 6.07) is 6.27. The van der Waals surface area contributed by atoms with Crippen molar-refractivity contribution in [2.24, 2.45) is 0 Å². The lowest BCUT2D eigenvalue weighted by atomic mass is 10.2. The van der Waals surface area contributed by atoms with Crippen LogP contribution in [0.3, 0.4) is 0 Å². The van der Waals surface area contributed by atoms with E-state index in [9.17, 15) is 9.18 Å². The Bertz CT molecular complexity index is 577. The quantitative estimate of drug-likeness (QED) is 0.921. The number of carboxylic acid groups (broad SMARTS) is 1. The normalized spacial score (nSPS) is 10.3. The van der Waals surface area contributed by atoms with Crippen LogP contribution in [0.25, 0.3) is 0 Å². The smallest absolute Gasteiger partial charge is 0.346 e. The van der Waals surface area contributed by atoms with Crippen LogP contribution < -0.4 is 4.74 Å². The maximum Gasteiger partial charge on any atom is 0.346 e. The third kappa shape index (κ3) is 2.68. The van der Waals surface area contributed by atoms with Crippen LogP contribution in [-0.2, 0) is 6.61 Å². The summed E-state index contributed by atoms with van der Waals surface area (Å²) in [4.78, 5) is 11.1. The predicted molar refractivity (Wildman–Crippen MR) is 66.7 cm³/mol. The van der Waals surface area contributed by atoms with E-state index in [1.807, 2.05) is 0 Å². The number of aryl methyl sites for hydroxylation is 1. The Balaban J connectivity index is 2.09. The van der Waals surface area contributed by atoms with Gasteiger partial charge in [0.2, 0.25) is 0 Å². The highest BCUT2D eigenvalue weighted by Crippen LogP contribution is 2.21. The van der Waals surface area contributed by atoms with Crippen molar-refractivity contribution in [3.8, 4) is 5.75 Å². The summed E-state index contributed by atoms with van der Waals surface area (Å²) < 4.78 is 18.7. The minimum Gasteiger partial charge on any atom is -0.489 e. The molecule has 0 atom stereocenters. The number of benzene rings is 1. The van der Waals surface area contributed by atoms with Gasteiger partial charge in [-0.25, -0.2) is 9.18 Å². The summed E-state index contributed by atoms with van der Waals surface area (Å²) in [6.07, 6.45) is 0. The number of carbonyl (C=O) groups is 1. The Morgan fingerprint density at radius 1 is 1.44 bits per heavy atom. The van der Waals surface area contributed by atoms with E-state index in [1.165, 1.54) is 6.07 Å². The average Bonchev–Trinajstić information content (AvgIpc) is 2.79. The number of ether oxygens (including phenoxy) is 1. The molecule has 1 aromatic carbocycles. The van der Waals surface area contributed by atoms with E-state index in [4.69, 9.17) is 9.84 Å². The van der Waals surface area contributed by atoms with Gasteiger partial charge in [-0.2, -0.15) is 0 Å². The van der Waals surface area contributed by atoms with Crippen LogP contribution >= 0.6 is 11.3 Å². The summed E-state index contributed by atoms with van der Waals surface area (Å²) in [5.41, 5.74) is 1.14. The molecular formula is C13H11FO3S. The molecule has 1 heterocycles. The zero-order chi connectivity index (χ0) is 13.1.